The SMILES string of the molecule is O=S(=O)(OSC1CC2CCC1C2)C(F)(F)F. The van der Waals surface area contributed by atoms with Gasteiger partial charge >= 0.3 is 15.6 Å². The second kappa shape index (κ2) is 4.06. The van der Waals surface area contributed by atoms with Gasteiger partial charge in [-0.3, -0.25) is 0 Å². The van der Waals surface area contributed by atoms with E-state index in [0.717, 1.165) is 25.7 Å². The van der Waals surface area contributed by atoms with E-state index in [1.807, 2.05) is 0 Å². The molecule has 94 valence electrons. The summed E-state index contributed by atoms with van der Waals surface area (Å²) < 4.78 is 61.2. The molecule has 0 heterocycles. The molecule has 2 rings (SSSR count). The molecule has 0 aromatic carbocycles. The summed E-state index contributed by atoms with van der Waals surface area (Å²) in [5, 5.41) is -0.101. The average molecular weight is 276 g/mol. The molecular formula is C8H11F3O3S2. The van der Waals surface area contributed by atoms with Gasteiger partial charge in [0.25, 0.3) is 0 Å². The first-order chi connectivity index (χ1) is 7.29. The van der Waals surface area contributed by atoms with Crippen molar-refractivity contribution >= 4 is 22.2 Å². The second-order valence-corrected chi connectivity index (χ2v) is 6.99. The summed E-state index contributed by atoms with van der Waals surface area (Å²) in [4.78, 5) is 0. The lowest BCUT2D eigenvalue weighted by atomic mass is 10.0. The third kappa shape index (κ3) is 2.33. The van der Waals surface area contributed by atoms with Gasteiger partial charge in [0.15, 0.2) is 0 Å². The van der Waals surface area contributed by atoms with Gasteiger partial charge in [-0.25, -0.2) is 0 Å². The Morgan fingerprint density at radius 2 is 1.88 bits per heavy atom. The van der Waals surface area contributed by atoms with Crippen LogP contribution in [-0.2, 0) is 13.7 Å². The zero-order valence-electron chi connectivity index (χ0n) is 8.24. The Bertz CT molecular complexity index is 365. The van der Waals surface area contributed by atoms with E-state index in [9.17, 15) is 21.6 Å². The third-order valence-electron chi connectivity index (χ3n) is 3.21. The molecule has 0 aromatic rings. The Kier molecular flexibility index (Phi) is 3.17. The first kappa shape index (κ1) is 12.5. The molecule has 3 atom stereocenters. The molecule has 0 spiro atoms. The smallest absolute Gasteiger partial charge is 0.191 e. The molecule has 0 saturated heterocycles. The Balaban J connectivity index is 1.89. The van der Waals surface area contributed by atoms with Crippen LogP contribution in [0.3, 0.4) is 0 Å². The molecule has 3 nitrogen and oxygen atoms in total. The van der Waals surface area contributed by atoms with E-state index in [2.05, 4.69) is 3.63 Å². The van der Waals surface area contributed by atoms with E-state index in [1.165, 1.54) is 0 Å². The standard InChI is InChI=1S/C8H11F3O3S2/c9-8(10,11)16(12,13)14-15-7-4-5-1-2-6(7)3-5/h5-7H,1-4H2. The lowest BCUT2D eigenvalue weighted by molar-refractivity contribution is -0.0494. The molecule has 0 N–H and O–H groups in total. The van der Waals surface area contributed by atoms with Crippen molar-refractivity contribution in [2.75, 3.05) is 0 Å². The Morgan fingerprint density at radius 1 is 1.19 bits per heavy atom. The molecule has 16 heavy (non-hydrogen) atoms. The molecule has 0 aliphatic heterocycles. The van der Waals surface area contributed by atoms with Gasteiger partial charge in [0.05, 0.1) is 0 Å². The number of alkyl halides is 3. The molecule has 2 fully saturated rings. The van der Waals surface area contributed by atoms with Crippen molar-refractivity contribution in [1.82, 2.24) is 0 Å². The van der Waals surface area contributed by atoms with E-state index in [-0.39, 0.29) is 5.25 Å². The Hall–Kier alpha value is 0.0500. The van der Waals surface area contributed by atoms with E-state index < -0.39 is 15.6 Å². The molecule has 0 aromatic heterocycles. The highest BCUT2D eigenvalue weighted by molar-refractivity contribution is 8.05. The van der Waals surface area contributed by atoms with Gasteiger partial charge < -0.3 is 0 Å². The maximum Gasteiger partial charge on any atom is 0.524 e. The van der Waals surface area contributed by atoms with Crippen LogP contribution in [0.25, 0.3) is 0 Å². The number of hydrogen-bond donors (Lipinski definition) is 0. The minimum absolute atomic E-state index is 0.101. The van der Waals surface area contributed by atoms with Crippen LogP contribution >= 0.6 is 12.0 Å². The molecule has 0 amide bonds. The number of hydrogen-bond acceptors (Lipinski definition) is 4. The van der Waals surface area contributed by atoms with Crippen LogP contribution in [0.1, 0.15) is 25.7 Å². The molecule has 2 aliphatic carbocycles. The van der Waals surface area contributed by atoms with Gasteiger partial charge in [-0.05, 0) is 31.1 Å². The monoisotopic (exact) mass is 276 g/mol. The first-order valence-electron chi connectivity index (χ1n) is 4.96. The van der Waals surface area contributed by atoms with Crippen molar-refractivity contribution in [2.24, 2.45) is 11.8 Å². The lowest BCUT2D eigenvalue weighted by Crippen LogP contribution is -2.25. The summed E-state index contributed by atoms with van der Waals surface area (Å²) in [6.45, 7) is 0. The molecule has 2 bridgehead atoms. The second-order valence-electron chi connectivity index (χ2n) is 4.28. The van der Waals surface area contributed by atoms with Gasteiger partial charge in [0.1, 0.15) is 0 Å². The van der Waals surface area contributed by atoms with Crippen molar-refractivity contribution in [3.8, 4) is 0 Å². The van der Waals surface area contributed by atoms with Crippen LogP contribution in [0.2, 0.25) is 0 Å². The largest absolute Gasteiger partial charge is 0.524 e. The van der Waals surface area contributed by atoms with Gasteiger partial charge in [-0.1, -0.05) is 6.42 Å². The molecular weight excluding hydrogens is 265 g/mol. The van der Waals surface area contributed by atoms with Crippen molar-refractivity contribution in [3.05, 3.63) is 0 Å². The fraction of sp³-hybridized carbons (Fsp3) is 1.00. The van der Waals surface area contributed by atoms with Crippen molar-refractivity contribution < 1.29 is 25.2 Å². The summed E-state index contributed by atoms with van der Waals surface area (Å²) in [6.07, 6.45) is 3.83. The van der Waals surface area contributed by atoms with Crippen LogP contribution in [0.4, 0.5) is 13.2 Å². The van der Waals surface area contributed by atoms with Crippen LogP contribution in [0.5, 0.6) is 0 Å². The first-order valence-corrected chi connectivity index (χ1v) is 7.17. The summed E-state index contributed by atoms with van der Waals surface area (Å²) >= 11 is 0.473. The van der Waals surface area contributed by atoms with Crippen LogP contribution < -0.4 is 0 Å². The highest BCUT2D eigenvalue weighted by atomic mass is 32.3. The summed E-state index contributed by atoms with van der Waals surface area (Å²) in [5.74, 6) is 0.859. The van der Waals surface area contributed by atoms with Crippen molar-refractivity contribution in [1.29, 1.82) is 0 Å². The molecule has 2 saturated carbocycles. The van der Waals surface area contributed by atoms with Gasteiger partial charge in [-0.15, -0.1) is 0 Å². The Morgan fingerprint density at radius 3 is 2.31 bits per heavy atom. The van der Waals surface area contributed by atoms with E-state index in [4.69, 9.17) is 0 Å². The summed E-state index contributed by atoms with van der Waals surface area (Å²) in [6, 6.07) is 0. The summed E-state index contributed by atoms with van der Waals surface area (Å²) in [5.41, 5.74) is -5.32. The minimum Gasteiger partial charge on any atom is -0.191 e. The molecule has 8 heteroatoms. The number of rotatable bonds is 3. The molecule has 3 unspecified atom stereocenters. The normalized spacial score (nSPS) is 34.6. The zero-order chi connectivity index (χ0) is 12.0. The fourth-order valence-corrected chi connectivity index (χ4v) is 4.33. The lowest BCUT2D eigenvalue weighted by Gasteiger charge is -2.19. The van der Waals surface area contributed by atoms with E-state index in [0.29, 0.717) is 23.9 Å². The van der Waals surface area contributed by atoms with Gasteiger partial charge in [-0.2, -0.15) is 25.2 Å². The fourth-order valence-electron chi connectivity index (χ4n) is 2.44. The highest BCUT2D eigenvalue weighted by Gasteiger charge is 2.49. The van der Waals surface area contributed by atoms with E-state index in [1.54, 1.807) is 0 Å². The van der Waals surface area contributed by atoms with Crippen molar-refractivity contribution in [2.45, 2.75) is 36.4 Å². The van der Waals surface area contributed by atoms with Crippen LogP contribution in [-0.4, -0.2) is 19.2 Å². The highest BCUT2D eigenvalue weighted by Crippen LogP contribution is 2.50. The molecule has 0 radical (unpaired) electrons. The Labute approximate surface area is 96.1 Å². The maximum atomic E-state index is 12.0. The van der Waals surface area contributed by atoms with Crippen LogP contribution in [0.15, 0.2) is 0 Å². The van der Waals surface area contributed by atoms with Gasteiger partial charge in [0, 0.05) is 17.3 Å². The minimum atomic E-state index is -5.44. The quantitative estimate of drug-likeness (QED) is 0.587. The van der Waals surface area contributed by atoms with Crippen LogP contribution in [0, 0.1) is 11.8 Å². The van der Waals surface area contributed by atoms with Gasteiger partial charge in [0.2, 0.25) is 0 Å². The number of halogens is 3. The van der Waals surface area contributed by atoms with E-state index >= 15 is 0 Å². The van der Waals surface area contributed by atoms with Crippen molar-refractivity contribution in [3.63, 3.8) is 0 Å². The maximum absolute atomic E-state index is 12.0. The third-order valence-corrected chi connectivity index (χ3v) is 5.63. The zero-order valence-corrected chi connectivity index (χ0v) is 9.87. The predicted molar refractivity (Wildman–Crippen MR) is 52.9 cm³/mol. The average Bonchev–Trinajstić information content (AvgIpc) is 2.73. The summed E-state index contributed by atoms with van der Waals surface area (Å²) in [7, 11) is -5.44. The number of fused-ring (bicyclic) bond motifs is 2. The molecule has 2 aliphatic rings. The topological polar surface area (TPSA) is 43.4 Å². The predicted octanol–water partition coefficient (Wildman–Crippen LogP) is 2.69.